The number of rotatable bonds is 3. The van der Waals surface area contributed by atoms with Crippen molar-refractivity contribution in [3.05, 3.63) is 30.1 Å². The number of hydrogen-bond donors (Lipinski definition) is 1. The standard InChI is InChI=1S/C14H19FN2O/c1-17(12-6-4-11(15)5-7-12)13(18)10-14(16)8-2-3-9-14/h4-7H,2-3,8-10,16H2,1H3. The van der Waals surface area contributed by atoms with Crippen molar-refractivity contribution in [2.75, 3.05) is 11.9 Å². The highest BCUT2D eigenvalue weighted by atomic mass is 19.1. The summed E-state index contributed by atoms with van der Waals surface area (Å²) in [5.41, 5.74) is 6.55. The van der Waals surface area contributed by atoms with Gasteiger partial charge in [0.15, 0.2) is 0 Å². The van der Waals surface area contributed by atoms with Crippen molar-refractivity contribution in [1.29, 1.82) is 0 Å². The monoisotopic (exact) mass is 250 g/mol. The fourth-order valence-electron chi connectivity index (χ4n) is 2.48. The molecule has 1 saturated carbocycles. The Bertz CT molecular complexity index is 424. The van der Waals surface area contributed by atoms with E-state index in [1.165, 1.54) is 12.1 Å². The van der Waals surface area contributed by atoms with Gasteiger partial charge >= 0.3 is 0 Å². The lowest BCUT2D eigenvalue weighted by molar-refractivity contribution is -0.119. The molecule has 0 bridgehead atoms. The van der Waals surface area contributed by atoms with Crippen molar-refractivity contribution >= 4 is 11.6 Å². The Morgan fingerprint density at radius 3 is 2.44 bits per heavy atom. The SMILES string of the molecule is CN(C(=O)CC1(N)CCCC1)c1ccc(F)cc1. The molecule has 0 spiro atoms. The summed E-state index contributed by atoms with van der Waals surface area (Å²) in [6.07, 6.45) is 4.39. The Labute approximate surface area is 107 Å². The van der Waals surface area contributed by atoms with Gasteiger partial charge in [0.05, 0.1) is 0 Å². The van der Waals surface area contributed by atoms with Crippen LogP contribution in [-0.2, 0) is 4.79 Å². The van der Waals surface area contributed by atoms with Crippen LogP contribution in [0.4, 0.5) is 10.1 Å². The molecule has 18 heavy (non-hydrogen) atoms. The molecule has 1 aliphatic rings. The smallest absolute Gasteiger partial charge is 0.228 e. The summed E-state index contributed by atoms with van der Waals surface area (Å²) in [4.78, 5) is 13.7. The van der Waals surface area contributed by atoms with Crippen molar-refractivity contribution in [2.24, 2.45) is 5.73 Å². The van der Waals surface area contributed by atoms with E-state index in [0.29, 0.717) is 12.1 Å². The molecule has 3 nitrogen and oxygen atoms in total. The highest BCUT2D eigenvalue weighted by Gasteiger charge is 2.32. The predicted molar refractivity (Wildman–Crippen MR) is 69.8 cm³/mol. The minimum absolute atomic E-state index is 0.00833. The van der Waals surface area contributed by atoms with Crippen molar-refractivity contribution in [3.8, 4) is 0 Å². The van der Waals surface area contributed by atoms with Crippen LogP contribution in [0, 0.1) is 5.82 Å². The van der Waals surface area contributed by atoms with Gasteiger partial charge in [-0.1, -0.05) is 12.8 Å². The Balaban J connectivity index is 2.02. The molecule has 0 heterocycles. The minimum atomic E-state index is -0.342. The zero-order chi connectivity index (χ0) is 13.2. The van der Waals surface area contributed by atoms with Crippen molar-refractivity contribution in [2.45, 2.75) is 37.6 Å². The van der Waals surface area contributed by atoms with Gasteiger partial charge in [0.25, 0.3) is 0 Å². The number of hydrogen-bond acceptors (Lipinski definition) is 2. The third-order valence-corrected chi connectivity index (χ3v) is 3.69. The van der Waals surface area contributed by atoms with Gasteiger partial charge in [-0.2, -0.15) is 0 Å². The highest BCUT2D eigenvalue weighted by molar-refractivity contribution is 5.93. The van der Waals surface area contributed by atoms with Crippen LogP contribution in [0.2, 0.25) is 0 Å². The Morgan fingerprint density at radius 2 is 1.89 bits per heavy atom. The summed E-state index contributed by atoms with van der Waals surface area (Å²) in [5.74, 6) is -0.309. The molecule has 0 unspecified atom stereocenters. The molecule has 98 valence electrons. The minimum Gasteiger partial charge on any atom is -0.325 e. The van der Waals surface area contributed by atoms with Crippen LogP contribution >= 0.6 is 0 Å². The molecule has 0 radical (unpaired) electrons. The van der Waals surface area contributed by atoms with E-state index in [1.54, 1.807) is 24.1 Å². The van der Waals surface area contributed by atoms with E-state index in [9.17, 15) is 9.18 Å². The summed E-state index contributed by atoms with van der Waals surface area (Å²) < 4.78 is 12.8. The number of nitrogens with zero attached hydrogens (tertiary/aromatic N) is 1. The maximum absolute atomic E-state index is 12.8. The maximum atomic E-state index is 12.8. The second-order valence-corrected chi connectivity index (χ2v) is 5.18. The normalized spacial score (nSPS) is 17.7. The first-order chi connectivity index (χ1) is 8.50. The van der Waals surface area contributed by atoms with Crippen LogP contribution in [0.15, 0.2) is 24.3 Å². The molecule has 1 aromatic carbocycles. The fraction of sp³-hybridized carbons (Fsp3) is 0.500. The van der Waals surface area contributed by atoms with E-state index in [-0.39, 0.29) is 17.3 Å². The highest BCUT2D eigenvalue weighted by Crippen LogP contribution is 2.31. The van der Waals surface area contributed by atoms with Gasteiger partial charge < -0.3 is 10.6 Å². The van der Waals surface area contributed by atoms with Crippen LogP contribution in [0.1, 0.15) is 32.1 Å². The van der Waals surface area contributed by atoms with E-state index in [1.807, 2.05) is 0 Å². The average Bonchev–Trinajstić information content (AvgIpc) is 2.76. The van der Waals surface area contributed by atoms with Crippen LogP contribution in [-0.4, -0.2) is 18.5 Å². The topological polar surface area (TPSA) is 46.3 Å². The summed E-state index contributed by atoms with van der Waals surface area (Å²) >= 11 is 0. The molecule has 1 fully saturated rings. The van der Waals surface area contributed by atoms with Crippen LogP contribution < -0.4 is 10.6 Å². The van der Waals surface area contributed by atoms with Gasteiger partial charge in [-0.25, -0.2) is 4.39 Å². The zero-order valence-corrected chi connectivity index (χ0v) is 10.7. The van der Waals surface area contributed by atoms with Crippen LogP contribution in [0.3, 0.4) is 0 Å². The molecule has 1 amide bonds. The van der Waals surface area contributed by atoms with Gasteiger partial charge in [-0.15, -0.1) is 0 Å². The van der Waals surface area contributed by atoms with Crippen molar-refractivity contribution in [3.63, 3.8) is 0 Å². The Hall–Kier alpha value is -1.42. The van der Waals surface area contributed by atoms with Crippen LogP contribution in [0.25, 0.3) is 0 Å². The molecular weight excluding hydrogens is 231 g/mol. The second-order valence-electron chi connectivity index (χ2n) is 5.18. The molecule has 1 aromatic rings. The van der Waals surface area contributed by atoms with Gasteiger partial charge in [0.2, 0.25) is 5.91 Å². The number of carbonyl (C=O) groups is 1. The molecule has 0 aliphatic heterocycles. The van der Waals surface area contributed by atoms with E-state index in [2.05, 4.69) is 0 Å². The third kappa shape index (κ3) is 2.88. The number of amides is 1. The van der Waals surface area contributed by atoms with Crippen LogP contribution in [0.5, 0.6) is 0 Å². The van der Waals surface area contributed by atoms with E-state index in [0.717, 1.165) is 25.7 Å². The molecule has 0 saturated heterocycles. The lowest BCUT2D eigenvalue weighted by Gasteiger charge is -2.26. The summed E-state index contributed by atoms with van der Waals surface area (Å²) in [5, 5.41) is 0. The first-order valence-corrected chi connectivity index (χ1v) is 6.31. The number of anilines is 1. The zero-order valence-electron chi connectivity index (χ0n) is 10.7. The number of halogens is 1. The number of benzene rings is 1. The van der Waals surface area contributed by atoms with E-state index in [4.69, 9.17) is 5.73 Å². The maximum Gasteiger partial charge on any atom is 0.228 e. The van der Waals surface area contributed by atoms with E-state index < -0.39 is 0 Å². The summed E-state index contributed by atoms with van der Waals surface area (Å²) in [6.45, 7) is 0. The quantitative estimate of drug-likeness (QED) is 0.895. The molecule has 4 heteroatoms. The molecule has 2 N–H and O–H groups in total. The second kappa shape index (κ2) is 5.06. The Kier molecular flexibility index (Phi) is 3.66. The van der Waals surface area contributed by atoms with Crippen molar-refractivity contribution in [1.82, 2.24) is 0 Å². The van der Waals surface area contributed by atoms with Gasteiger partial charge in [0.1, 0.15) is 5.82 Å². The number of nitrogens with two attached hydrogens (primary N) is 1. The molecule has 2 rings (SSSR count). The first-order valence-electron chi connectivity index (χ1n) is 6.31. The molecule has 0 atom stereocenters. The van der Waals surface area contributed by atoms with Gasteiger partial charge in [-0.3, -0.25) is 4.79 Å². The van der Waals surface area contributed by atoms with Crippen molar-refractivity contribution < 1.29 is 9.18 Å². The van der Waals surface area contributed by atoms with Gasteiger partial charge in [0, 0.05) is 24.7 Å². The summed E-state index contributed by atoms with van der Waals surface area (Å²) in [6, 6.07) is 5.91. The first kappa shape index (κ1) is 13.0. The molecular formula is C14H19FN2O. The third-order valence-electron chi connectivity index (χ3n) is 3.69. The Morgan fingerprint density at radius 1 is 1.33 bits per heavy atom. The average molecular weight is 250 g/mol. The summed E-state index contributed by atoms with van der Waals surface area (Å²) in [7, 11) is 1.70. The predicted octanol–water partition coefficient (Wildman–Crippen LogP) is 2.45. The van der Waals surface area contributed by atoms with E-state index >= 15 is 0 Å². The lowest BCUT2D eigenvalue weighted by atomic mass is 9.94. The molecule has 1 aliphatic carbocycles. The fourth-order valence-corrected chi connectivity index (χ4v) is 2.48. The largest absolute Gasteiger partial charge is 0.325 e. The van der Waals surface area contributed by atoms with Gasteiger partial charge in [-0.05, 0) is 37.1 Å². The molecule has 0 aromatic heterocycles. The lowest BCUT2D eigenvalue weighted by Crippen LogP contribution is -2.42. The number of carbonyl (C=O) groups excluding carboxylic acids is 1.